The standard InChI is InChI=1S/C16H14N2O3S/c1-18-15-10-6-5-7-12(15)11-14(16(18)19)17-22(20,21)13-8-3-2-4-9-13/h2-11,17H,1H3. The molecule has 0 amide bonds. The van der Waals surface area contributed by atoms with E-state index >= 15 is 0 Å². The quantitative estimate of drug-likeness (QED) is 0.807. The number of hydrogen-bond donors (Lipinski definition) is 1. The van der Waals surface area contributed by atoms with Crippen LogP contribution in [0.15, 0.2) is 70.4 Å². The van der Waals surface area contributed by atoms with Gasteiger partial charge < -0.3 is 4.57 Å². The molecule has 0 bridgehead atoms. The summed E-state index contributed by atoms with van der Waals surface area (Å²) in [5.41, 5.74) is 0.387. The van der Waals surface area contributed by atoms with E-state index in [1.54, 1.807) is 31.3 Å². The summed E-state index contributed by atoms with van der Waals surface area (Å²) in [4.78, 5) is 12.4. The van der Waals surface area contributed by atoms with E-state index in [-0.39, 0.29) is 10.6 Å². The van der Waals surface area contributed by atoms with Crippen LogP contribution < -0.4 is 10.3 Å². The third-order valence-electron chi connectivity index (χ3n) is 3.43. The molecule has 0 aliphatic rings. The lowest BCUT2D eigenvalue weighted by molar-refractivity contribution is 0.601. The molecule has 0 fully saturated rings. The van der Waals surface area contributed by atoms with E-state index in [9.17, 15) is 13.2 Å². The first-order chi connectivity index (χ1) is 10.5. The minimum atomic E-state index is -3.78. The van der Waals surface area contributed by atoms with Gasteiger partial charge in [-0.05, 0) is 24.3 Å². The van der Waals surface area contributed by atoms with E-state index < -0.39 is 15.6 Å². The van der Waals surface area contributed by atoms with Crippen molar-refractivity contribution in [2.45, 2.75) is 4.90 Å². The first-order valence-electron chi connectivity index (χ1n) is 6.66. The average molecular weight is 314 g/mol. The molecule has 112 valence electrons. The van der Waals surface area contributed by atoms with E-state index in [0.29, 0.717) is 0 Å². The Kier molecular flexibility index (Phi) is 3.46. The summed E-state index contributed by atoms with van der Waals surface area (Å²) in [6, 6.07) is 16.8. The van der Waals surface area contributed by atoms with Crippen LogP contribution >= 0.6 is 0 Å². The van der Waals surface area contributed by atoms with Crippen LogP contribution in [0.1, 0.15) is 0 Å². The molecule has 1 aromatic heterocycles. The van der Waals surface area contributed by atoms with E-state index in [1.165, 1.54) is 16.7 Å². The highest BCUT2D eigenvalue weighted by atomic mass is 32.2. The van der Waals surface area contributed by atoms with Gasteiger partial charge in [0.05, 0.1) is 10.4 Å². The van der Waals surface area contributed by atoms with Crippen molar-refractivity contribution in [3.8, 4) is 0 Å². The van der Waals surface area contributed by atoms with Gasteiger partial charge in [0.15, 0.2) is 0 Å². The molecule has 6 heteroatoms. The number of aryl methyl sites for hydroxylation is 1. The summed E-state index contributed by atoms with van der Waals surface area (Å²) < 4.78 is 28.5. The fourth-order valence-electron chi connectivity index (χ4n) is 2.30. The lowest BCUT2D eigenvalue weighted by atomic mass is 10.2. The fraction of sp³-hybridized carbons (Fsp3) is 0.0625. The third kappa shape index (κ3) is 2.48. The fourth-order valence-corrected chi connectivity index (χ4v) is 3.37. The lowest BCUT2D eigenvalue weighted by Gasteiger charge is -2.11. The van der Waals surface area contributed by atoms with Crippen molar-refractivity contribution in [2.75, 3.05) is 4.72 Å². The highest BCUT2D eigenvalue weighted by molar-refractivity contribution is 7.92. The SMILES string of the molecule is Cn1c(=O)c(NS(=O)(=O)c2ccccc2)cc2ccccc21. The summed E-state index contributed by atoms with van der Waals surface area (Å²) >= 11 is 0. The summed E-state index contributed by atoms with van der Waals surface area (Å²) in [5.74, 6) is 0. The zero-order valence-corrected chi connectivity index (χ0v) is 12.7. The number of nitrogens with one attached hydrogen (secondary N) is 1. The Morgan fingerprint density at radius 3 is 2.32 bits per heavy atom. The Morgan fingerprint density at radius 1 is 0.955 bits per heavy atom. The van der Waals surface area contributed by atoms with Crippen LogP contribution in [0.25, 0.3) is 10.9 Å². The lowest BCUT2D eigenvalue weighted by Crippen LogP contribution is -2.24. The van der Waals surface area contributed by atoms with Crippen molar-refractivity contribution in [3.05, 3.63) is 71.0 Å². The predicted octanol–water partition coefficient (Wildman–Crippen LogP) is 2.34. The molecule has 0 atom stereocenters. The molecule has 3 aromatic rings. The maximum Gasteiger partial charge on any atom is 0.275 e. The smallest absolute Gasteiger partial charge is 0.275 e. The summed E-state index contributed by atoms with van der Waals surface area (Å²) in [7, 11) is -2.17. The van der Waals surface area contributed by atoms with E-state index in [0.717, 1.165) is 10.9 Å². The highest BCUT2D eigenvalue weighted by Crippen LogP contribution is 2.18. The molecule has 1 heterocycles. The van der Waals surface area contributed by atoms with Crippen molar-refractivity contribution in [3.63, 3.8) is 0 Å². The largest absolute Gasteiger partial charge is 0.310 e. The Morgan fingerprint density at radius 2 is 1.59 bits per heavy atom. The maximum absolute atomic E-state index is 12.3. The molecule has 2 aromatic carbocycles. The van der Waals surface area contributed by atoms with Gasteiger partial charge in [-0.1, -0.05) is 36.4 Å². The molecule has 1 N–H and O–H groups in total. The zero-order valence-electron chi connectivity index (χ0n) is 11.9. The van der Waals surface area contributed by atoms with Crippen LogP contribution in [0.5, 0.6) is 0 Å². The Labute approximate surface area is 127 Å². The van der Waals surface area contributed by atoms with Gasteiger partial charge in [-0.2, -0.15) is 0 Å². The number of anilines is 1. The van der Waals surface area contributed by atoms with Gasteiger partial charge in [-0.15, -0.1) is 0 Å². The van der Waals surface area contributed by atoms with Crippen molar-refractivity contribution >= 4 is 26.6 Å². The summed E-state index contributed by atoms with van der Waals surface area (Å²) in [6.45, 7) is 0. The average Bonchev–Trinajstić information content (AvgIpc) is 2.53. The van der Waals surface area contributed by atoms with Crippen LogP contribution in [-0.2, 0) is 17.1 Å². The van der Waals surface area contributed by atoms with Crippen LogP contribution in [0, 0.1) is 0 Å². The number of para-hydroxylation sites is 1. The molecule has 0 aliphatic carbocycles. The molecule has 5 nitrogen and oxygen atoms in total. The molecular formula is C16H14N2O3S. The van der Waals surface area contributed by atoms with E-state index in [2.05, 4.69) is 4.72 Å². The third-order valence-corrected chi connectivity index (χ3v) is 4.81. The number of fused-ring (bicyclic) bond motifs is 1. The van der Waals surface area contributed by atoms with Gasteiger partial charge in [0.25, 0.3) is 15.6 Å². The molecular weight excluding hydrogens is 300 g/mol. The molecule has 3 rings (SSSR count). The minimum Gasteiger partial charge on any atom is -0.310 e. The number of nitrogens with zero attached hydrogens (tertiary/aromatic N) is 1. The molecule has 0 unspecified atom stereocenters. The van der Waals surface area contributed by atoms with Crippen molar-refractivity contribution in [1.82, 2.24) is 4.57 Å². The second-order valence-electron chi connectivity index (χ2n) is 4.90. The van der Waals surface area contributed by atoms with Crippen LogP contribution in [0.2, 0.25) is 0 Å². The Balaban J connectivity index is 2.12. The number of pyridine rings is 1. The molecule has 0 saturated heterocycles. The summed E-state index contributed by atoms with van der Waals surface area (Å²) in [6.07, 6.45) is 0. The molecule has 0 saturated carbocycles. The number of sulfonamides is 1. The second-order valence-corrected chi connectivity index (χ2v) is 6.58. The summed E-state index contributed by atoms with van der Waals surface area (Å²) in [5, 5.41) is 0.787. The number of benzene rings is 2. The Hall–Kier alpha value is -2.60. The second kappa shape index (κ2) is 5.31. The molecule has 0 spiro atoms. The minimum absolute atomic E-state index is 0.0325. The first kappa shape index (κ1) is 14.3. The predicted molar refractivity (Wildman–Crippen MR) is 86.4 cm³/mol. The Bertz CT molecular complexity index is 993. The highest BCUT2D eigenvalue weighted by Gasteiger charge is 2.16. The van der Waals surface area contributed by atoms with Gasteiger partial charge in [0.2, 0.25) is 0 Å². The van der Waals surface area contributed by atoms with Crippen molar-refractivity contribution in [1.29, 1.82) is 0 Å². The van der Waals surface area contributed by atoms with E-state index in [1.807, 2.05) is 24.3 Å². The monoisotopic (exact) mass is 314 g/mol. The van der Waals surface area contributed by atoms with Gasteiger partial charge in [-0.25, -0.2) is 8.42 Å². The molecule has 22 heavy (non-hydrogen) atoms. The topological polar surface area (TPSA) is 68.2 Å². The normalized spacial score (nSPS) is 11.5. The zero-order chi connectivity index (χ0) is 15.7. The van der Waals surface area contributed by atoms with Crippen molar-refractivity contribution in [2.24, 2.45) is 7.05 Å². The van der Waals surface area contributed by atoms with Gasteiger partial charge in [0, 0.05) is 12.4 Å². The molecule has 0 radical (unpaired) electrons. The first-order valence-corrected chi connectivity index (χ1v) is 8.14. The number of rotatable bonds is 3. The van der Waals surface area contributed by atoms with Crippen molar-refractivity contribution < 1.29 is 8.42 Å². The van der Waals surface area contributed by atoms with Gasteiger partial charge in [-0.3, -0.25) is 9.52 Å². The van der Waals surface area contributed by atoms with Gasteiger partial charge >= 0.3 is 0 Å². The van der Waals surface area contributed by atoms with E-state index in [4.69, 9.17) is 0 Å². The van der Waals surface area contributed by atoms with Crippen LogP contribution in [-0.4, -0.2) is 13.0 Å². The van der Waals surface area contributed by atoms with Crippen LogP contribution in [0.3, 0.4) is 0 Å². The van der Waals surface area contributed by atoms with Gasteiger partial charge in [0.1, 0.15) is 5.69 Å². The number of aromatic nitrogens is 1. The van der Waals surface area contributed by atoms with Crippen LogP contribution in [0.4, 0.5) is 5.69 Å². The maximum atomic E-state index is 12.3. The molecule has 0 aliphatic heterocycles. The number of hydrogen-bond acceptors (Lipinski definition) is 3.